The summed E-state index contributed by atoms with van der Waals surface area (Å²) in [6.07, 6.45) is -0.658. The zero-order valence-electron chi connectivity index (χ0n) is 18.8. The van der Waals surface area contributed by atoms with Gasteiger partial charge in [0.15, 0.2) is 0 Å². The summed E-state index contributed by atoms with van der Waals surface area (Å²) in [6.45, 7) is 0. The van der Waals surface area contributed by atoms with Gasteiger partial charge in [0.2, 0.25) is 0 Å². The standard InChI is InChI=1S/C31H27NO2/c33-29-25-27(21-13-5-1-6-14-21)32-28(22-15-7-2-8-16-22)26(29)31(24-19-11-4-12-20-24)34-30(25)23-17-9-3-10-18-23/h1-20,25-28,30-32H/t25-,26-,27-,28-,30-,31+/m1/s1. The van der Waals surface area contributed by atoms with E-state index in [1.54, 1.807) is 0 Å². The van der Waals surface area contributed by atoms with Crippen molar-refractivity contribution in [3.63, 3.8) is 0 Å². The number of carbonyl (C=O) groups is 1. The molecule has 0 amide bonds. The van der Waals surface area contributed by atoms with Gasteiger partial charge in [-0.25, -0.2) is 0 Å². The van der Waals surface area contributed by atoms with Crippen molar-refractivity contribution in [2.75, 3.05) is 0 Å². The SMILES string of the molecule is O=C1[C@H]2[C@@H](c3ccccc3)N[C@H](c3ccccc3)[C@H]1[C@H](c1ccccc1)O[C@@H]2c1ccccc1. The molecule has 0 spiro atoms. The van der Waals surface area contributed by atoms with Crippen LogP contribution in [0.3, 0.4) is 0 Å². The van der Waals surface area contributed by atoms with Crippen LogP contribution < -0.4 is 5.32 Å². The Morgan fingerprint density at radius 3 is 1.15 bits per heavy atom. The van der Waals surface area contributed by atoms with Gasteiger partial charge in [-0.3, -0.25) is 4.79 Å². The van der Waals surface area contributed by atoms with Gasteiger partial charge in [-0.05, 0) is 22.3 Å². The molecule has 168 valence electrons. The Balaban J connectivity index is 1.52. The van der Waals surface area contributed by atoms with E-state index in [1.807, 2.05) is 72.8 Å². The van der Waals surface area contributed by atoms with Crippen LogP contribution in [0, 0.1) is 11.8 Å². The average molecular weight is 446 g/mol. The first-order valence-electron chi connectivity index (χ1n) is 12.0. The normalized spacial score (nSPS) is 28.4. The van der Waals surface area contributed by atoms with E-state index in [0.29, 0.717) is 0 Å². The van der Waals surface area contributed by atoms with Crippen molar-refractivity contribution in [3.05, 3.63) is 144 Å². The lowest BCUT2D eigenvalue weighted by Crippen LogP contribution is -2.56. The summed E-state index contributed by atoms with van der Waals surface area (Å²) in [5.74, 6) is -0.347. The Kier molecular flexibility index (Phi) is 5.58. The second kappa shape index (κ2) is 9.02. The number of ether oxygens (including phenoxy) is 1. The van der Waals surface area contributed by atoms with Crippen LogP contribution in [-0.2, 0) is 9.53 Å². The monoisotopic (exact) mass is 445 g/mol. The first-order chi connectivity index (χ1) is 16.8. The smallest absolute Gasteiger partial charge is 0.148 e. The Morgan fingerprint density at radius 2 is 0.794 bits per heavy atom. The molecule has 4 aromatic carbocycles. The number of benzene rings is 4. The van der Waals surface area contributed by atoms with E-state index in [9.17, 15) is 4.79 Å². The van der Waals surface area contributed by atoms with Crippen LogP contribution in [0.25, 0.3) is 0 Å². The zero-order chi connectivity index (χ0) is 22.9. The van der Waals surface area contributed by atoms with E-state index in [0.717, 1.165) is 22.3 Å². The van der Waals surface area contributed by atoms with E-state index >= 15 is 0 Å². The average Bonchev–Trinajstić information content (AvgIpc) is 2.91. The maximum absolute atomic E-state index is 14.4. The number of nitrogens with one attached hydrogen (secondary N) is 1. The van der Waals surface area contributed by atoms with Gasteiger partial charge < -0.3 is 10.1 Å². The number of piperidine rings is 1. The van der Waals surface area contributed by atoms with Gasteiger partial charge in [-0.15, -0.1) is 0 Å². The molecule has 2 aliphatic rings. The highest BCUT2D eigenvalue weighted by Gasteiger charge is 2.56. The molecule has 0 saturated carbocycles. The molecule has 2 aliphatic heterocycles. The number of rotatable bonds is 4. The van der Waals surface area contributed by atoms with Gasteiger partial charge in [0.1, 0.15) is 5.78 Å². The quantitative estimate of drug-likeness (QED) is 0.396. The van der Waals surface area contributed by atoms with Crippen molar-refractivity contribution in [1.82, 2.24) is 5.32 Å². The first kappa shape index (κ1) is 21.0. The number of fused-ring (bicyclic) bond motifs is 2. The summed E-state index contributed by atoms with van der Waals surface area (Å²) in [5.41, 5.74) is 4.31. The summed E-state index contributed by atoms with van der Waals surface area (Å²) < 4.78 is 6.94. The third-order valence-corrected chi connectivity index (χ3v) is 7.25. The van der Waals surface area contributed by atoms with Crippen molar-refractivity contribution in [1.29, 1.82) is 0 Å². The number of carbonyl (C=O) groups excluding carboxylic acids is 1. The summed E-state index contributed by atoms with van der Waals surface area (Å²) in [6, 6.07) is 40.7. The molecule has 2 fully saturated rings. The third kappa shape index (κ3) is 3.67. The molecule has 34 heavy (non-hydrogen) atoms. The van der Waals surface area contributed by atoms with Crippen molar-refractivity contribution < 1.29 is 9.53 Å². The largest absolute Gasteiger partial charge is 0.364 e. The van der Waals surface area contributed by atoms with Gasteiger partial charge in [-0.1, -0.05) is 121 Å². The van der Waals surface area contributed by atoms with E-state index in [4.69, 9.17) is 4.74 Å². The topological polar surface area (TPSA) is 38.3 Å². The molecule has 6 rings (SSSR count). The summed E-state index contributed by atoms with van der Waals surface area (Å²) in [4.78, 5) is 14.4. The number of ketones is 1. The maximum Gasteiger partial charge on any atom is 0.148 e. The number of Topliss-reactive ketones (excluding diaryl/α,β-unsaturated/α-hetero) is 1. The lowest BCUT2D eigenvalue weighted by atomic mass is 9.66. The molecule has 2 saturated heterocycles. The number of hydrogen-bond donors (Lipinski definition) is 1. The fraction of sp³-hybridized carbons (Fsp3) is 0.194. The fourth-order valence-electron chi connectivity index (χ4n) is 5.71. The highest BCUT2D eigenvalue weighted by molar-refractivity contribution is 5.88. The molecule has 6 atom stereocenters. The molecule has 3 nitrogen and oxygen atoms in total. The molecule has 0 radical (unpaired) electrons. The van der Waals surface area contributed by atoms with Crippen LogP contribution in [0.15, 0.2) is 121 Å². The zero-order valence-corrected chi connectivity index (χ0v) is 18.8. The van der Waals surface area contributed by atoms with Crippen molar-refractivity contribution in [2.24, 2.45) is 11.8 Å². The highest BCUT2D eigenvalue weighted by Crippen LogP contribution is 2.55. The Morgan fingerprint density at radius 1 is 0.471 bits per heavy atom. The van der Waals surface area contributed by atoms with E-state index in [2.05, 4.69) is 53.8 Å². The van der Waals surface area contributed by atoms with E-state index in [1.165, 1.54) is 0 Å². The first-order valence-corrected chi connectivity index (χ1v) is 12.0. The van der Waals surface area contributed by atoms with Gasteiger partial charge in [0, 0.05) is 12.1 Å². The van der Waals surface area contributed by atoms with Gasteiger partial charge in [-0.2, -0.15) is 0 Å². The van der Waals surface area contributed by atoms with Gasteiger partial charge in [0.25, 0.3) is 0 Å². The molecule has 3 heteroatoms. The molecule has 2 heterocycles. The summed E-state index contributed by atoms with van der Waals surface area (Å²) >= 11 is 0. The molecular formula is C31H27NO2. The van der Waals surface area contributed by atoms with Crippen LogP contribution in [-0.4, -0.2) is 5.78 Å². The third-order valence-electron chi connectivity index (χ3n) is 7.25. The Bertz CT molecular complexity index is 1050. The molecule has 0 unspecified atom stereocenters. The lowest BCUT2D eigenvalue weighted by Gasteiger charge is -2.52. The van der Waals surface area contributed by atoms with Crippen molar-refractivity contribution in [3.8, 4) is 0 Å². The van der Waals surface area contributed by atoms with Gasteiger partial charge >= 0.3 is 0 Å². The highest BCUT2D eigenvalue weighted by atomic mass is 16.5. The minimum Gasteiger partial charge on any atom is -0.364 e. The van der Waals surface area contributed by atoms with Crippen LogP contribution in [0.4, 0.5) is 0 Å². The van der Waals surface area contributed by atoms with Crippen LogP contribution in [0.1, 0.15) is 46.5 Å². The lowest BCUT2D eigenvalue weighted by molar-refractivity contribution is -0.177. The van der Waals surface area contributed by atoms with Crippen LogP contribution in [0.2, 0.25) is 0 Å². The van der Waals surface area contributed by atoms with E-state index in [-0.39, 0.29) is 41.9 Å². The Labute approximate surface area is 200 Å². The molecule has 1 N–H and O–H groups in total. The second-order valence-corrected chi connectivity index (χ2v) is 9.20. The van der Waals surface area contributed by atoms with E-state index < -0.39 is 0 Å². The maximum atomic E-state index is 14.4. The predicted octanol–water partition coefficient (Wildman–Crippen LogP) is 6.39. The number of hydrogen-bond acceptors (Lipinski definition) is 3. The van der Waals surface area contributed by atoms with Crippen LogP contribution >= 0.6 is 0 Å². The van der Waals surface area contributed by atoms with Crippen LogP contribution in [0.5, 0.6) is 0 Å². The fourth-order valence-corrected chi connectivity index (χ4v) is 5.71. The summed E-state index contributed by atoms with van der Waals surface area (Å²) in [7, 11) is 0. The molecular weight excluding hydrogens is 418 g/mol. The minimum absolute atomic E-state index is 0.142. The molecule has 0 aromatic heterocycles. The Hall–Kier alpha value is -3.53. The van der Waals surface area contributed by atoms with Gasteiger partial charge in [0.05, 0.1) is 24.0 Å². The predicted molar refractivity (Wildman–Crippen MR) is 133 cm³/mol. The van der Waals surface area contributed by atoms with Crippen molar-refractivity contribution >= 4 is 5.78 Å². The van der Waals surface area contributed by atoms with Crippen molar-refractivity contribution in [2.45, 2.75) is 24.3 Å². The summed E-state index contributed by atoms with van der Waals surface area (Å²) in [5, 5.41) is 3.92. The molecule has 4 aromatic rings. The second-order valence-electron chi connectivity index (χ2n) is 9.20. The minimum atomic E-state index is -0.329. The molecule has 2 bridgehead atoms. The molecule has 0 aliphatic carbocycles.